The molecule has 1 aliphatic carbocycles. The third kappa shape index (κ3) is 3.96. The topological polar surface area (TPSA) is 27.1 Å². The SMILES string of the molecule is Cc1nc2c(n1CCCOCC(F)(F)F)CCCC2. The molecule has 1 heterocycles. The van der Waals surface area contributed by atoms with Crippen LogP contribution in [0.2, 0.25) is 0 Å². The van der Waals surface area contributed by atoms with E-state index in [0.29, 0.717) is 13.0 Å². The first-order valence-corrected chi connectivity index (χ1v) is 6.67. The zero-order chi connectivity index (χ0) is 13.9. The summed E-state index contributed by atoms with van der Waals surface area (Å²) in [6.45, 7) is 1.61. The van der Waals surface area contributed by atoms with Crippen LogP contribution >= 0.6 is 0 Å². The Morgan fingerprint density at radius 2 is 2.00 bits per heavy atom. The number of aromatic nitrogens is 2. The van der Waals surface area contributed by atoms with Crippen LogP contribution in [0.1, 0.15) is 36.5 Å². The first-order chi connectivity index (χ1) is 8.97. The van der Waals surface area contributed by atoms with E-state index in [9.17, 15) is 13.2 Å². The van der Waals surface area contributed by atoms with Gasteiger partial charge in [0.1, 0.15) is 12.4 Å². The van der Waals surface area contributed by atoms with E-state index in [2.05, 4.69) is 14.3 Å². The predicted molar refractivity (Wildman–Crippen MR) is 65.1 cm³/mol. The molecule has 0 atom stereocenters. The monoisotopic (exact) mass is 276 g/mol. The summed E-state index contributed by atoms with van der Waals surface area (Å²) in [5.74, 6) is 0.961. The second-order valence-corrected chi connectivity index (χ2v) is 4.93. The fraction of sp³-hybridized carbons (Fsp3) is 0.769. The van der Waals surface area contributed by atoms with Crippen molar-refractivity contribution in [2.75, 3.05) is 13.2 Å². The van der Waals surface area contributed by atoms with E-state index in [1.807, 2.05) is 6.92 Å². The highest BCUT2D eigenvalue weighted by molar-refractivity contribution is 5.19. The van der Waals surface area contributed by atoms with Gasteiger partial charge in [-0.05, 0) is 39.0 Å². The van der Waals surface area contributed by atoms with Crippen molar-refractivity contribution in [3.05, 3.63) is 17.2 Å². The molecule has 19 heavy (non-hydrogen) atoms. The van der Waals surface area contributed by atoms with Crippen LogP contribution in [0, 0.1) is 6.92 Å². The van der Waals surface area contributed by atoms with Gasteiger partial charge in [0.25, 0.3) is 0 Å². The van der Waals surface area contributed by atoms with Crippen molar-refractivity contribution >= 4 is 0 Å². The molecule has 0 bridgehead atoms. The number of halogens is 3. The highest BCUT2D eigenvalue weighted by atomic mass is 19.4. The maximum atomic E-state index is 11.9. The van der Waals surface area contributed by atoms with Gasteiger partial charge in [-0.15, -0.1) is 0 Å². The van der Waals surface area contributed by atoms with Crippen molar-refractivity contribution in [1.82, 2.24) is 9.55 Å². The lowest BCUT2D eigenvalue weighted by atomic mass is 10.0. The van der Waals surface area contributed by atoms with Crippen molar-refractivity contribution in [3.63, 3.8) is 0 Å². The van der Waals surface area contributed by atoms with Crippen LogP contribution in [0.5, 0.6) is 0 Å². The van der Waals surface area contributed by atoms with Crippen molar-refractivity contribution in [2.24, 2.45) is 0 Å². The summed E-state index contributed by atoms with van der Waals surface area (Å²) < 4.78 is 42.5. The van der Waals surface area contributed by atoms with Gasteiger partial charge in [0.2, 0.25) is 0 Å². The number of hydrogen-bond acceptors (Lipinski definition) is 2. The van der Waals surface area contributed by atoms with Crippen LogP contribution in [-0.4, -0.2) is 28.9 Å². The van der Waals surface area contributed by atoms with Gasteiger partial charge in [-0.1, -0.05) is 0 Å². The third-order valence-corrected chi connectivity index (χ3v) is 3.36. The van der Waals surface area contributed by atoms with Crippen LogP contribution in [0.25, 0.3) is 0 Å². The second kappa shape index (κ2) is 5.94. The average molecular weight is 276 g/mol. The molecule has 108 valence electrons. The minimum atomic E-state index is -4.23. The Kier molecular flexibility index (Phi) is 4.50. The summed E-state index contributed by atoms with van der Waals surface area (Å²) in [7, 11) is 0. The number of fused-ring (bicyclic) bond motifs is 1. The molecule has 6 heteroatoms. The van der Waals surface area contributed by atoms with Crippen LogP contribution in [0.15, 0.2) is 0 Å². The molecule has 0 radical (unpaired) electrons. The van der Waals surface area contributed by atoms with Gasteiger partial charge in [0.15, 0.2) is 0 Å². The summed E-state index contributed by atoms with van der Waals surface area (Å²) in [5.41, 5.74) is 2.43. The lowest BCUT2D eigenvalue weighted by Gasteiger charge is -2.15. The van der Waals surface area contributed by atoms with E-state index in [-0.39, 0.29) is 6.61 Å². The minimum absolute atomic E-state index is 0.131. The minimum Gasteiger partial charge on any atom is -0.372 e. The Balaban J connectivity index is 1.81. The average Bonchev–Trinajstić information content (AvgIpc) is 2.64. The fourth-order valence-corrected chi connectivity index (χ4v) is 2.55. The van der Waals surface area contributed by atoms with Crippen LogP contribution in [0.4, 0.5) is 13.2 Å². The first kappa shape index (κ1) is 14.4. The van der Waals surface area contributed by atoms with E-state index in [0.717, 1.165) is 18.7 Å². The molecule has 0 unspecified atom stereocenters. The van der Waals surface area contributed by atoms with E-state index in [1.165, 1.54) is 24.2 Å². The molecular weight excluding hydrogens is 257 g/mol. The summed E-state index contributed by atoms with van der Waals surface area (Å²) in [4.78, 5) is 4.53. The lowest BCUT2D eigenvalue weighted by Crippen LogP contribution is -2.18. The number of rotatable bonds is 5. The molecule has 1 aromatic rings. The zero-order valence-electron chi connectivity index (χ0n) is 11.1. The Morgan fingerprint density at radius 1 is 1.26 bits per heavy atom. The molecule has 0 aromatic carbocycles. The fourth-order valence-electron chi connectivity index (χ4n) is 2.55. The largest absolute Gasteiger partial charge is 0.411 e. The number of aryl methyl sites for hydroxylation is 2. The highest BCUT2D eigenvalue weighted by Crippen LogP contribution is 2.22. The normalized spacial score (nSPS) is 15.6. The highest BCUT2D eigenvalue weighted by Gasteiger charge is 2.27. The zero-order valence-corrected chi connectivity index (χ0v) is 11.1. The molecule has 0 saturated carbocycles. The first-order valence-electron chi connectivity index (χ1n) is 6.67. The molecule has 3 nitrogen and oxygen atoms in total. The summed E-state index contributed by atoms with van der Waals surface area (Å²) in [6.07, 6.45) is 0.748. The Labute approximate surface area is 110 Å². The van der Waals surface area contributed by atoms with Gasteiger partial charge in [0, 0.05) is 18.8 Å². The number of hydrogen-bond donors (Lipinski definition) is 0. The maximum absolute atomic E-state index is 11.9. The van der Waals surface area contributed by atoms with Crippen LogP contribution in [-0.2, 0) is 24.1 Å². The molecule has 0 saturated heterocycles. The number of ether oxygens (including phenoxy) is 1. The van der Waals surface area contributed by atoms with Gasteiger partial charge in [-0.3, -0.25) is 0 Å². The van der Waals surface area contributed by atoms with Crippen molar-refractivity contribution in [2.45, 2.75) is 51.7 Å². The van der Waals surface area contributed by atoms with E-state index >= 15 is 0 Å². The van der Waals surface area contributed by atoms with Crippen molar-refractivity contribution in [1.29, 1.82) is 0 Å². The second-order valence-electron chi connectivity index (χ2n) is 4.93. The van der Waals surface area contributed by atoms with Crippen LogP contribution < -0.4 is 0 Å². The van der Waals surface area contributed by atoms with E-state index < -0.39 is 12.8 Å². The third-order valence-electron chi connectivity index (χ3n) is 3.36. The Morgan fingerprint density at radius 3 is 2.74 bits per heavy atom. The van der Waals surface area contributed by atoms with E-state index in [1.54, 1.807) is 0 Å². The molecule has 1 aromatic heterocycles. The van der Waals surface area contributed by atoms with Gasteiger partial charge >= 0.3 is 6.18 Å². The van der Waals surface area contributed by atoms with Gasteiger partial charge in [0.05, 0.1) is 5.69 Å². The Hall–Kier alpha value is -1.04. The summed E-state index contributed by atoms with van der Waals surface area (Å²) >= 11 is 0. The molecule has 0 fully saturated rings. The smallest absolute Gasteiger partial charge is 0.372 e. The Bertz CT molecular complexity index is 426. The number of alkyl halides is 3. The van der Waals surface area contributed by atoms with Gasteiger partial charge < -0.3 is 9.30 Å². The van der Waals surface area contributed by atoms with Crippen molar-refractivity contribution < 1.29 is 17.9 Å². The molecular formula is C13H19F3N2O. The predicted octanol–water partition coefficient (Wildman–Crippen LogP) is 3.04. The van der Waals surface area contributed by atoms with E-state index in [4.69, 9.17) is 0 Å². The van der Waals surface area contributed by atoms with Gasteiger partial charge in [-0.2, -0.15) is 13.2 Å². The van der Waals surface area contributed by atoms with Crippen molar-refractivity contribution in [3.8, 4) is 0 Å². The molecule has 0 spiro atoms. The molecule has 0 N–H and O–H groups in total. The lowest BCUT2D eigenvalue weighted by molar-refractivity contribution is -0.174. The molecule has 2 rings (SSSR count). The standard InChI is InChI=1S/C13H19F3N2O/c1-10-17-11-5-2-3-6-12(11)18(10)7-4-8-19-9-13(14,15)16/h2-9H2,1H3. The van der Waals surface area contributed by atoms with Gasteiger partial charge in [-0.25, -0.2) is 4.98 Å². The molecule has 0 amide bonds. The number of imidazole rings is 1. The molecule has 1 aliphatic rings. The van der Waals surface area contributed by atoms with Crippen LogP contribution in [0.3, 0.4) is 0 Å². The molecule has 0 aliphatic heterocycles. The quantitative estimate of drug-likeness (QED) is 0.773. The number of nitrogens with zero attached hydrogens (tertiary/aromatic N) is 2. The summed E-state index contributed by atoms with van der Waals surface area (Å²) in [6, 6.07) is 0. The summed E-state index contributed by atoms with van der Waals surface area (Å²) in [5, 5.41) is 0. The maximum Gasteiger partial charge on any atom is 0.411 e.